The summed E-state index contributed by atoms with van der Waals surface area (Å²) >= 11 is 0. The molecule has 4 heteroatoms. The number of fused-ring (bicyclic) bond motifs is 1. The van der Waals surface area contributed by atoms with Crippen molar-refractivity contribution in [2.75, 3.05) is 0 Å². The van der Waals surface area contributed by atoms with Crippen LogP contribution in [-0.4, -0.2) is 22.3 Å². The van der Waals surface area contributed by atoms with Crippen LogP contribution >= 0.6 is 0 Å². The van der Waals surface area contributed by atoms with Gasteiger partial charge in [0.2, 0.25) is 0 Å². The number of aromatic amines is 1. The Morgan fingerprint density at radius 1 is 1.53 bits per heavy atom. The van der Waals surface area contributed by atoms with Crippen LogP contribution in [0.3, 0.4) is 0 Å². The van der Waals surface area contributed by atoms with E-state index in [1.54, 1.807) is 12.3 Å². The predicted molar refractivity (Wildman–Crippen MR) is 67.3 cm³/mol. The van der Waals surface area contributed by atoms with Gasteiger partial charge in [-0.1, -0.05) is 6.92 Å². The van der Waals surface area contributed by atoms with Gasteiger partial charge in [-0.2, -0.15) is 0 Å². The molecule has 0 bridgehead atoms. The van der Waals surface area contributed by atoms with Crippen molar-refractivity contribution >= 4 is 17.1 Å². The average molecular weight is 234 g/mol. The number of aromatic hydroxyl groups is 1. The van der Waals surface area contributed by atoms with E-state index in [-0.39, 0.29) is 17.7 Å². The van der Waals surface area contributed by atoms with Crippen molar-refractivity contribution in [1.29, 1.82) is 0 Å². The number of aromatic nitrogens is 1. The summed E-state index contributed by atoms with van der Waals surface area (Å²) < 4.78 is 13.2. The SMILES string of the molecule is CCC(C)N=Cc1c(O)[nH]c2ccc(F)cc12. The smallest absolute Gasteiger partial charge is 0.198 e. The number of aliphatic imine (C=N–C) groups is 1. The molecule has 0 aliphatic carbocycles. The Bertz CT molecular complexity index is 560. The first-order valence-corrected chi connectivity index (χ1v) is 5.65. The number of benzene rings is 1. The highest BCUT2D eigenvalue weighted by Crippen LogP contribution is 2.26. The summed E-state index contributed by atoms with van der Waals surface area (Å²) in [5.41, 5.74) is 1.24. The first-order chi connectivity index (χ1) is 8.11. The number of halogens is 1. The fourth-order valence-electron chi connectivity index (χ4n) is 1.61. The molecule has 17 heavy (non-hydrogen) atoms. The van der Waals surface area contributed by atoms with Crippen molar-refractivity contribution in [3.05, 3.63) is 29.6 Å². The maximum absolute atomic E-state index is 13.2. The molecule has 1 aromatic carbocycles. The molecule has 0 fully saturated rings. The lowest BCUT2D eigenvalue weighted by molar-refractivity contribution is 0.457. The molecular weight excluding hydrogens is 219 g/mol. The predicted octanol–water partition coefficient (Wildman–Crippen LogP) is 3.23. The lowest BCUT2D eigenvalue weighted by Gasteiger charge is -1.99. The molecule has 2 N–H and O–H groups in total. The number of hydrogen-bond donors (Lipinski definition) is 2. The van der Waals surface area contributed by atoms with Crippen molar-refractivity contribution in [2.45, 2.75) is 26.3 Å². The van der Waals surface area contributed by atoms with Crippen LogP contribution in [0.2, 0.25) is 0 Å². The Labute approximate surface area is 99.0 Å². The Morgan fingerprint density at radius 2 is 2.29 bits per heavy atom. The fourth-order valence-corrected chi connectivity index (χ4v) is 1.61. The minimum atomic E-state index is -0.324. The van der Waals surface area contributed by atoms with Gasteiger partial charge in [-0.05, 0) is 31.5 Å². The van der Waals surface area contributed by atoms with Gasteiger partial charge >= 0.3 is 0 Å². The molecule has 90 valence electrons. The zero-order valence-electron chi connectivity index (χ0n) is 9.87. The highest BCUT2D eigenvalue weighted by atomic mass is 19.1. The summed E-state index contributed by atoms with van der Waals surface area (Å²) in [7, 11) is 0. The molecule has 1 atom stereocenters. The molecule has 0 aliphatic rings. The summed E-state index contributed by atoms with van der Waals surface area (Å²) in [6.45, 7) is 4.03. The van der Waals surface area contributed by atoms with E-state index in [0.717, 1.165) is 6.42 Å². The van der Waals surface area contributed by atoms with Crippen molar-refractivity contribution in [2.24, 2.45) is 4.99 Å². The van der Waals surface area contributed by atoms with E-state index in [4.69, 9.17) is 0 Å². The monoisotopic (exact) mass is 234 g/mol. The number of rotatable bonds is 3. The van der Waals surface area contributed by atoms with E-state index in [1.165, 1.54) is 12.1 Å². The number of hydrogen-bond acceptors (Lipinski definition) is 2. The molecule has 0 saturated heterocycles. The molecule has 3 nitrogen and oxygen atoms in total. The van der Waals surface area contributed by atoms with E-state index in [1.807, 2.05) is 13.8 Å². The largest absolute Gasteiger partial charge is 0.494 e. The molecule has 0 radical (unpaired) electrons. The molecule has 1 heterocycles. The van der Waals surface area contributed by atoms with Gasteiger partial charge in [-0.3, -0.25) is 4.99 Å². The molecule has 0 spiro atoms. The average Bonchev–Trinajstić information content (AvgIpc) is 2.61. The lowest BCUT2D eigenvalue weighted by Crippen LogP contribution is -1.95. The van der Waals surface area contributed by atoms with Gasteiger partial charge in [-0.15, -0.1) is 0 Å². The summed E-state index contributed by atoms with van der Waals surface area (Å²) in [5, 5.41) is 10.4. The second-order valence-electron chi connectivity index (χ2n) is 4.11. The molecule has 2 rings (SSSR count). The highest BCUT2D eigenvalue weighted by Gasteiger charge is 2.09. The fraction of sp³-hybridized carbons (Fsp3) is 0.308. The number of nitrogens with zero attached hydrogens (tertiary/aromatic N) is 1. The summed E-state index contributed by atoms with van der Waals surface area (Å²) in [4.78, 5) is 7.09. The van der Waals surface area contributed by atoms with Crippen LogP contribution in [-0.2, 0) is 0 Å². The summed E-state index contributed by atoms with van der Waals surface area (Å²) in [6.07, 6.45) is 2.52. The highest BCUT2D eigenvalue weighted by molar-refractivity contribution is 6.01. The van der Waals surface area contributed by atoms with Crippen molar-refractivity contribution < 1.29 is 9.50 Å². The standard InChI is InChI=1S/C13H15FN2O/c1-3-8(2)15-7-11-10-6-9(14)4-5-12(10)16-13(11)17/h4-8,16-17H,3H2,1-2H3. The van der Waals surface area contributed by atoms with Gasteiger partial charge in [0.15, 0.2) is 5.88 Å². The zero-order valence-corrected chi connectivity index (χ0v) is 9.87. The molecule has 2 aromatic rings. The Balaban J connectivity index is 2.48. The molecule has 1 aromatic heterocycles. The second kappa shape index (κ2) is 4.57. The molecule has 0 amide bonds. The van der Waals surface area contributed by atoms with Crippen molar-refractivity contribution in [3.8, 4) is 5.88 Å². The van der Waals surface area contributed by atoms with Crippen LogP contribution < -0.4 is 0 Å². The first kappa shape index (κ1) is 11.6. The van der Waals surface area contributed by atoms with Crippen molar-refractivity contribution in [3.63, 3.8) is 0 Å². The third-order valence-electron chi connectivity index (χ3n) is 2.83. The van der Waals surface area contributed by atoms with Crippen LogP contribution in [0.4, 0.5) is 4.39 Å². The van der Waals surface area contributed by atoms with Gasteiger partial charge < -0.3 is 10.1 Å². The van der Waals surface area contributed by atoms with E-state index < -0.39 is 0 Å². The Hall–Kier alpha value is -1.84. The molecule has 1 unspecified atom stereocenters. The van der Waals surface area contributed by atoms with Crippen LogP contribution in [0.15, 0.2) is 23.2 Å². The number of H-pyrrole nitrogens is 1. The van der Waals surface area contributed by atoms with E-state index in [0.29, 0.717) is 16.5 Å². The van der Waals surface area contributed by atoms with Crippen LogP contribution in [0.25, 0.3) is 10.9 Å². The molecule has 0 aliphatic heterocycles. The van der Waals surface area contributed by atoms with Gasteiger partial charge in [0.25, 0.3) is 0 Å². The van der Waals surface area contributed by atoms with Gasteiger partial charge in [0.1, 0.15) is 5.82 Å². The topological polar surface area (TPSA) is 48.4 Å². The van der Waals surface area contributed by atoms with Crippen LogP contribution in [0.5, 0.6) is 5.88 Å². The lowest BCUT2D eigenvalue weighted by atomic mass is 10.2. The van der Waals surface area contributed by atoms with Crippen molar-refractivity contribution in [1.82, 2.24) is 4.98 Å². The zero-order chi connectivity index (χ0) is 12.4. The quantitative estimate of drug-likeness (QED) is 0.787. The maximum Gasteiger partial charge on any atom is 0.198 e. The Morgan fingerprint density at radius 3 is 3.00 bits per heavy atom. The van der Waals surface area contributed by atoms with Crippen LogP contribution in [0.1, 0.15) is 25.8 Å². The molecule has 0 saturated carbocycles. The Kier molecular flexibility index (Phi) is 3.13. The third kappa shape index (κ3) is 2.30. The number of nitrogens with one attached hydrogen (secondary N) is 1. The van der Waals surface area contributed by atoms with Gasteiger partial charge in [0, 0.05) is 23.2 Å². The normalized spacial score (nSPS) is 13.6. The van der Waals surface area contributed by atoms with E-state index >= 15 is 0 Å². The van der Waals surface area contributed by atoms with Gasteiger partial charge in [0.05, 0.1) is 5.56 Å². The second-order valence-corrected chi connectivity index (χ2v) is 4.11. The maximum atomic E-state index is 13.2. The van der Waals surface area contributed by atoms with Gasteiger partial charge in [-0.25, -0.2) is 4.39 Å². The third-order valence-corrected chi connectivity index (χ3v) is 2.83. The van der Waals surface area contributed by atoms with E-state index in [9.17, 15) is 9.50 Å². The first-order valence-electron chi connectivity index (χ1n) is 5.65. The summed E-state index contributed by atoms with van der Waals surface area (Å²) in [6, 6.07) is 4.54. The van der Waals surface area contributed by atoms with Crippen LogP contribution in [0, 0.1) is 5.82 Å². The molecular formula is C13H15FN2O. The minimum Gasteiger partial charge on any atom is -0.494 e. The van der Waals surface area contributed by atoms with E-state index in [2.05, 4.69) is 9.98 Å². The summed E-state index contributed by atoms with van der Waals surface area (Å²) in [5.74, 6) is -0.299. The minimum absolute atomic E-state index is 0.0256.